The SMILES string of the molecule is CC(C)(C)NC(=O)[C@H]1CC[C@H]2[C@@H]3CC[C@@]4(C)NC(=O)C=C[C@]4(C)[C@H]3CC[C@]12C. The molecule has 0 aromatic rings. The van der Waals surface area contributed by atoms with Gasteiger partial charge in [0.15, 0.2) is 0 Å². The summed E-state index contributed by atoms with van der Waals surface area (Å²) in [6, 6.07) is 0. The van der Waals surface area contributed by atoms with Crippen molar-refractivity contribution in [3.63, 3.8) is 0 Å². The molecule has 3 saturated carbocycles. The van der Waals surface area contributed by atoms with Crippen molar-refractivity contribution in [1.29, 1.82) is 0 Å². The zero-order valence-corrected chi connectivity index (χ0v) is 18.5. The maximum absolute atomic E-state index is 13.1. The number of amides is 2. The quantitative estimate of drug-likeness (QED) is 0.709. The van der Waals surface area contributed by atoms with E-state index in [1.165, 1.54) is 12.8 Å². The van der Waals surface area contributed by atoms with Gasteiger partial charge in [0.2, 0.25) is 11.8 Å². The average Bonchev–Trinajstić information content (AvgIpc) is 2.92. The molecule has 3 fully saturated rings. The predicted octanol–water partition coefficient (Wildman–Crippen LogP) is 4.20. The molecule has 0 bridgehead atoms. The number of rotatable bonds is 1. The molecule has 0 radical (unpaired) electrons. The van der Waals surface area contributed by atoms with Gasteiger partial charge >= 0.3 is 0 Å². The van der Waals surface area contributed by atoms with Gasteiger partial charge < -0.3 is 10.6 Å². The highest BCUT2D eigenvalue weighted by atomic mass is 16.2. The lowest BCUT2D eigenvalue weighted by Crippen LogP contribution is -2.66. The molecule has 3 aliphatic carbocycles. The van der Waals surface area contributed by atoms with Crippen LogP contribution in [0.3, 0.4) is 0 Å². The van der Waals surface area contributed by atoms with Gasteiger partial charge in [-0.25, -0.2) is 0 Å². The van der Waals surface area contributed by atoms with Gasteiger partial charge in [-0.05, 0) is 95.5 Å². The van der Waals surface area contributed by atoms with Crippen LogP contribution < -0.4 is 10.6 Å². The number of carbonyl (C=O) groups excluding carboxylic acids is 2. The van der Waals surface area contributed by atoms with E-state index in [1.807, 2.05) is 0 Å². The predicted molar refractivity (Wildman–Crippen MR) is 111 cm³/mol. The largest absolute Gasteiger partial charge is 0.351 e. The molecule has 4 heteroatoms. The summed E-state index contributed by atoms with van der Waals surface area (Å²) in [5, 5.41) is 6.56. The normalized spacial score (nSPS) is 47.6. The third-order valence-electron chi connectivity index (χ3n) is 9.17. The van der Waals surface area contributed by atoms with E-state index in [1.54, 1.807) is 6.08 Å². The Bertz CT molecular complexity index is 723. The molecule has 0 saturated heterocycles. The first-order chi connectivity index (χ1) is 12.9. The van der Waals surface area contributed by atoms with E-state index >= 15 is 0 Å². The fraction of sp³-hybridized carbons (Fsp3) is 0.833. The number of carbonyl (C=O) groups is 2. The zero-order chi connectivity index (χ0) is 20.5. The Hall–Kier alpha value is -1.32. The minimum Gasteiger partial charge on any atom is -0.351 e. The van der Waals surface area contributed by atoms with Gasteiger partial charge in [0.1, 0.15) is 0 Å². The first-order valence-corrected chi connectivity index (χ1v) is 11.2. The summed E-state index contributed by atoms with van der Waals surface area (Å²) in [6.45, 7) is 13.2. The first-order valence-electron chi connectivity index (χ1n) is 11.2. The Morgan fingerprint density at radius 2 is 1.79 bits per heavy atom. The molecule has 7 atom stereocenters. The molecule has 4 rings (SSSR count). The van der Waals surface area contributed by atoms with E-state index in [9.17, 15) is 9.59 Å². The van der Waals surface area contributed by atoms with Crippen LogP contribution in [0.1, 0.15) is 80.1 Å². The molecular weight excluding hydrogens is 348 g/mol. The van der Waals surface area contributed by atoms with Crippen LogP contribution >= 0.6 is 0 Å². The van der Waals surface area contributed by atoms with Crippen molar-refractivity contribution in [2.75, 3.05) is 0 Å². The van der Waals surface area contributed by atoms with Crippen molar-refractivity contribution in [3.05, 3.63) is 12.2 Å². The standard InChI is InChI=1S/C24H38N2O2/c1-21(2,3)26-20(28)18-8-7-16-15-9-14-24(6)23(5,13-11-19(27)25-24)17(15)10-12-22(16,18)4/h11,13,15-18H,7-10,12,14H2,1-6H3,(H,25,27)(H,26,28)/t15-,16-,17-,18+,22-,23+,24+/m0/s1. The molecule has 156 valence electrons. The van der Waals surface area contributed by atoms with Crippen molar-refractivity contribution in [2.24, 2.45) is 34.5 Å². The molecule has 2 amide bonds. The van der Waals surface area contributed by atoms with Gasteiger partial charge in [-0.15, -0.1) is 0 Å². The number of hydrogen-bond acceptors (Lipinski definition) is 2. The van der Waals surface area contributed by atoms with Crippen molar-refractivity contribution < 1.29 is 9.59 Å². The number of hydrogen-bond donors (Lipinski definition) is 2. The fourth-order valence-electron chi connectivity index (χ4n) is 7.52. The lowest BCUT2D eigenvalue weighted by molar-refractivity contribution is -0.139. The van der Waals surface area contributed by atoms with E-state index in [-0.39, 0.29) is 39.6 Å². The van der Waals surface area contributed by atoms with E-state index in [0.29, 0.717) is 17.8 Å². The minimum atomic E-state index is -0.173. The Kier molecular flexibility index (Phi) is 4.34. The van der Waals surface area contributed by atoms with Crippen LogP contribution in [0.15, 0.2) is 12.2 Å². The molecule has 1 heterocycles. The Morgan fingerprint density at radius 1 is 1.07 bits per heavy atom. The van der Waals surface area contributed by atoms with Crippen LogP contribution in [0.2, 0.25) is 0 Å². The zero-order valence-electron chi connectivity index (χ0n) is 18.5. The molecule has 4 aliphatic rings. The highest BCUT2D eigenvalue weighted by Gasteiger charge is 2.63. The highest BCUT2D eigenvalue weighted by molar-refractivity contribution is 5.89. The van der Waals surface area contributed by atoms with Crippen LogP contribution in [0, 0.1) is 34.5 Å². The Balaban J connectivity index is 1.61. The van der Waals surface area contributed by atoms with E-state index < -0.39 is 0 Å². The second-order valence-corrected chi connectivity index (χ2v) is 11.8. The number of nitrogens with one attached hydrogen (secondary N) is 2. The van der Waals surface area contributed by atoms with Gasteiger partial charge in [-0.3, -0.25) is 9.59 Å². The summed E-state index contributed by atoms with van der Waals surface area (Å²) >= 11 is 0. The molecule has 4 nitrogen and oxygen atoms in total. The summed E-state index contributed by atoms with van der Waals surface area (Å²) in [6.07, 6.45) is 10.6. The summed E-state index contributed by atoms with van der Waals surface area (Å²) in [5.41, 5.74) is -0.192. The summed E-state index contributed by atoms with van der Waals surface area (Å²) in [7, 11) is 0. The molecule has 0 aromatic carbocycles. The molecule has 2 N–H and O–H groups in total. The van der Waals surface area contributed by atoms with E-state index in [4.69, 9.17) is 0 Å². The average molecular weight is 387 g/mol. The van der Waals surface area contributed by atoms with Crippen molar-refractivity contribution in [1.82, 2.24) is 10.6 Å². The van der Waals surface area contributed by atoms with Crippen LogP contribution in [0.4, 0.5) is 0 Å². The fourth-order valence-corrected chi connectivity index (χ4v) is 7.52. The summed E-state index contributed by atoms with van der Waals surface area (Å²) in [4.78, 5) is 25.1. The summed E-state index contributed by atoms with van der Waals surface area (Å²) < 4.78 is 0. The number of fused-ring (bicyclic) bond motifs is 5. The van der Waals surface area contributed by atoms with Crippen molar-refractivity contribution >= 4 is 11.8 Å². The Morgan fingerprint density at radius 3 is 2.46 bits per heavy atom. The monoisotopic (exact) mass is 386 g/mol. The van der Waals surface area contributed by atoms with Crippen LogP contribution in [-0.2, 0) is 9.59 Å². The molecule has 0 aromatic heterocycles. The highest BCUT2D eigenvalue weighted by Crippen LogP contribution is 2.66. The first kappa shape index (κ1) is 20.0. The Labute approximate surface area is 170 Å². The minimum absolute atomic E-state index is 0.0108. The molecule has 0 spiro atoms. The van der Waals surface area contributed by atoms with Gasteiger partial charge in [0, 0.05) is 22.4 Å². The lowest BCUT2D eigenvalue weighted by Gasteiger charge is -2.62. The van der Waals surface area contributed by atoms with Crippen molar-refractivity contribution in [3.8, 4) is 0 Å². The topological polar surface area (TPSA) is 58.2 Å². The van der Waals surface area contributed by atoms with Crippen LogP contribution in [-0.4, -0.2) is 22.9 Å². The molecule has 0 unspecified atom stereocenters. The van der Waals surface area contributed by atoms with E-state index in [0.717, 1.165) is 25.7 Å². The second kappa shape index (κ2) is 6.09. The molecule has 1 aliphatic heterocycles. The van der Waals surface area contributed by atoms with Gasteiger partial charge in [-0.1, -0.05) is 19.9 Å². The third-order valence-corrected chi connectivity index (χ3v) is 9.17. The van der Waals surface area contributed by atoms with Gasteiger partial charge in [-0.2, -0.15) is 0 Å². The van der Waals surface area contributed by atoms with Crippen LogP contribution in [0.5, 0.6) is 0 Å². The van der Waals surface area contributed by atoms with Gasteiger partial charge in [0.25, 0.3) is 0 Å². The van der Waals surface area contributed by atoms with E-state index in [2.05, 4.69) is 58.3 Å². The maximum Gasteiger partial charge on any atom is 0.244 e. The second-order valence-electron chi connectivity index (χ2n) is 11.8. The maximum atomic E-state index is 13.1. The summed E-state index contributed by atoms with van der Waals surface area (Å²) in [5.74, 6) is 2.32. The molecule has 28 heavy (non-hydrogen) atoms. The molecular formula is C24H38N2O2. The van der Waals surface area contributed by atoms with Crippen molar-refractivity contribution in [2.45, 2.75) is 91.1 Å². The van der Waals surface area contributed by atoms with Crippen LogP contribution in [0.25, 0.3) is 0 Å². The lowest BCUT2D eigenvalue weighted by atomic mass is 9.45. The van der Waals surface area contributed by atoms with Gasteiger partial charge in [0.05, 0.1) is 0 Å². The third kappa shape index (κ3) is 2.77. The smallest absolute Gasteiger partial charge is 0.244 e.